The van der Waals surface area contributed by atoms with E-state index < -0.39 is 9.84 Å². The van der Waals surface area contributed by atoms with Gasteiger partial charge in [0.1, 0.15) is 0 Å². The van der Waals surface area contributed by atoms with Crippen LogP contribution in [0.3, 0.4) is 0 Å². The molecule has 1 fully saturated rings. The van der Waals surface area contributed by atoms with Crippen LogP contribution in [0, 0.1) is 0 Å². The Labute approximate surface area is 61.9 Å². The molecule has 0 aromatic rings. The smallest absolute Gasteiger partial charge is 0.150 e. The summed E-state index contributed by atoms with van der Waals surface area (Å²) in [6.45, 7) is 1.97. The Hall–Kier alpha value is -0.310. The second-order valence-corrected chi connectivity index (χ2v) is 4.90. The molecule has 3 heteroatoms. The van der Waals surface area contributed by atoms with Crippen LogP contribution < -0.4 is 0 Å². The van der Waals surface area contributed by atoms with Gasteiger partial charge in [-0.3, -0.25) is 0 Å². The second kappa shape index (κ2) is 2.74. The molecule has 0 aliphatic carbocycles. The average Bonchev–Trinajstić information content (AvgIpc) is 1.88. The first-order valence-corrected chi connectivity index (χ1v) is 5.31. The molecule has 0 aromatic carbocycles. The maximum Gasteiger partial charge on any atom is 0.150 e. The fourth-order valence-corrected chi connectivity index (χ4v) is 2.44. The van der Waals surface area contributed by atoms with E-state index in [4.69, 9.17) is 0 Å². The van der Waals surface area contributed by atoms with Gasteiger partial charge >= 0.3 is 0 Å². The molecule has 1 aliphatic rings. The highest BCUT2D eigenvalue weighted by molar-refractivity contribution is 7.91. The maximum absolute atomic E-state index is 10.9. The summed E-state index contributed by atoms with van der Waals surface area (Å²) in [5, 5.41) is 0. The number of rotatable bonds is 0. The standard InChI is InChI=1S/C7H12O2S/c1-2-7-3-5-10(8,9)6-4-7/h2H,3-6H2,1H3. The summed E-state index contributed by atoms with van der Waals surface area (Å²) in [6.07, 6.45) is 3.52. The third kappa shape index (κ3) is 1.84. The number of hydrogen-bond acceptors (Lipinski definition) is 2. The summed E-state index contributed by atoms with van der Waals surface area (Å²) in [5.74, 6) is 0.708. The molecule has 0 unspecified atom stereocenters. The fraction of sp³-hybridized carbons (Fsp3) is 0.714. The Morgan fingerprint density at radius 3 is 2.20 bits per heavy atom. The van der Waals surface area contributed by atoms with Crippen molar-refractivity contribution in [3.8, 4) is 0 Å². The molecule has 0 radical (unpaired) electrons. The van der Waals surface area contributed by atoms with Crippen LogP contribution >= 0.6 is 0 Å². The SMILES string of the molecule is CC=C1CCS(=O)(=O)CC1. The molecule has 1 heterocycles. The van der Waals surface area contributed by atoms with E-state index in [1.165, 1.54) is 5.57 Å². The zero-order valence-corrected chi connectivity index (χ0v) is 6.95. The number of hydrogen-bond donors (Lipinski definition) is 0. The minimum Gasteiger partial charge on any atom is -0.229 e. The van der Waals surface area contributed by atoms with Crippen molar-refractivity contribution in [1.82, 2.24) is 0 Å². The van der Waals surface area contributed by atoms with Crippen molar-refractivity contribution in [2.45, 2.75) is 19.8 Å². The minimum absolute atomic E-state index is 0.354. The number of allylic oxidation sites excluding steroid dienone is 2. The minimum atomic E-state index is -2.67. The van der Waals surface area contributed by atoms with Crippen LogP contribution in [0.5, 0.6) is 0 Å². The molecule has 10 heavy (non-hydrogen) atoms. The van der Waals surface area contributed by atoms with E-state index in [0.29, 0.717) is 11.5 Å². The predicted molar refractivity (Wildman–Crippen MR) is 41.6 cm³/mol. The van der Waals surface area contributed by atoms with Gasteiger partial charge in [-0.15, -0.1) is 0 Å². The van der Waals surface area contributed by atoms with Crippen LogP contribution in [-0.4, -0.2) is 19.9 Å². The zero-order valence-electron chi connectivity index (χ0n) is 6.13. The normalized spacial score (nSPS) is 24.3. The number of sulfone groups is 1. The monoisotopic (exact) mass is 160 g/mol. The predicted octanol–water partition coefficient (Wildman–Crippen LogP) is 1.14. The summed E-state index contributed by atoms with van der Waals surface area (Å²) in [5.41, 5.74) is 1.29. The van der Waals surface area contributed by atoms with Crippen molar-refractivity contribution in [3.63, 3.8) is 0 Å². The van der Waals surface area contributed by atoms with Gasteiger partial charge in [0.25, 0.3) is 0 Å². The molecule has 0 N–H and O–H groups in total. The first-order valence-electron chi connectivity index (χ1n) is 3.48. The lowest BCUT2D eigenvalue weighted by molar-refractivity contribution is 0.589. The van der Waals surface area contributed by atoms with Gasteiger partial charge in [-0.05, 0) is 19.8 Å². The molecule has 2 nitrogen and oxygen atoms in total. The lowest BCUT2D eigenvalue weighted by Crippen LogP contribution is -2.17. The molecular formula is C7H12O2S. The van der Waals surface area contributed by atoms with Crippen molar-refractivity contribution in [2.24, 2.45) is 0 Å². The van der Waals surface area contributed by atoms with E-state index in [-0.39, 0.29) is 0 Å². The summed E-state index contributed by atoms with van der Waals surface area (Å²) in [6, 6.07) is 0. The van der Waals surface area contributed by atoms with E-state index in [1.54, 1.807) is 0 Å². The molecule has 0 atom stereocenters. The largest absolute Gasteiger partial charge is 0.229 e. The molecule has 1 saturated heterocycles. The van der Waals surface area contributed by atoms with Gasteiger partial charge in [-0.1, -0.05) is 11.6 Å². The highest BCUT2D eigenvalue weighted by Gasteiger charge is 2.17. The van der Waals surface area contributed by atoms with Gasteiger partial charge in [0, 0.05) is 0 Å². The van der Waals surface area contributed by atoms with Crippen LogP contribution in [0.1, 0.15) is 19.8 Å². The van der Waals surface area contributed by atoms with Crippen LogP contribution in [0.2, 0.25) is 0 Å². The summed E-state index contributed by atoms with van der Waals surface area (Å²) >= 11 is 0. The van der Waals surface area contributed by atoms with E-state index in [1.807, 2.05) is 13.0 Å². The van der Waals surface area contributed by atoms with Crippen molar-refractivity contribution >= 4 is 9.84 Å². The zero-order chi connectivity index (χ0) is 7.61. The topological polar surface area (TPSA) is 34.1 Å². The molecule has 0 saturated carbocycles. The Kier molecular flexibility index (Phi) is 2.14. The van der Waals surface area contributed by atoms with Crippen molar-refractivity contribution in [3.05, 3.63) is 11.6 Å². The van der Waals surface area contributed by atoms with E-state index in [2.05, 4.69) is 0 Å². The molecule has 1 rings (SSSR count). The Bertz CT molecular complexity index is 220. The molecule has 0 aromatic heterocycles. The van der Waals surface area contributed by atoms with Crippen LogP contribution in [0.25, 0.3) is 0 Å². The average molecular weight is 160 g/mol. The molecule has 0 spiro atoms. The summed E-state index contributed by atoms with van der Waals surface area (Å²) in [7, 11) is -2.67. The van der Waals surface area contributed by atoms with E-state index >= 15 is 0 Å². The fourth-order valence-electron chi connectivity index (χ4n) is 1.09. The molecule has 58 valence electrons. The van der Waals surface area contributed by atoms with Gasteiger partial charge in [0.15, 0.2) is 9.84 Å². The Morgan fingerprint density at radius 1 is 1.30 bits per heavy atom. The van der Waals surface area contributed by atoms with Gasteiger partial charge < -0.3 is 0 Å². The molecular weight excluding hydrogens is 148 g/mol. The Morgan fingerprint density at radius 2 is 1.80 bits per heavy atom. The highest BCUT2D eigenvalue weighted by atomic mass is 32.2. The second-order valence-electron chi connectivity index (χ2n) is 2.60. The highest BCUT2D eigenvalue weighted by Crippen LogP contribution is 2.16. The van der Waals surface area contributed by atoms with E-state index in [9.17, 15) is 8.42 Å². The van der Waals surface area contributed by atoms with Crippen molar-refractivity contribution < 1.29 is 8.42 Å². The Balaban J connectivity index is 2.63. The van der Waals surface area contributed by atoms with Gasteiger partial charge in [-0.25, -0.2) is 8.42 Å². The summed E-state index contributed by atoms with van der Waals surface area (Å²) < 4.78 is 21.8. The van der Waals surface area contributed by atoms with Crippen LogP contribution in [0.4, 0.5) is 0 Å². The van der Waals surface area contributed by atoms with Crippen LogP contribution in [0.15, 0.2) is 11.6 Å². The molecule has 1 aliphatic heterocycles. The molecule has 0 amide bonds. The first-order chi connectivity index (χ1) is 4.64. The van der Waals surface area contributed by atoms with Crippen molar-refractivity contribution in [2.75, 3.05) is 11.5 Å². The lowest BCUT2D eigenvalue weighted by Gasteiger charge is -2.13. The van der Waals surface area contributed by atoms with Gasteiger partial charge in [0.05, 0.1) is 11.5 Å². The first kappa shape index (κ1) is 7.79. The van der Waals surface area contributed by atoms with E-state index in [0.717, 1.165) is 12.8 Å². The maximum atomic E-state index is 10.9. The lowest BCUT2D eigenvalue weighted by atomic mass is 10.1. The quantitative estimate of drug-likeness (QED) is 0.498. The van der Waals surface area contributed by atoms with Gasteiger partial charge in [-0.2, -0.15) is 0 Å². The third-order valence-corrected chi connectivity index (χ3v) is 3.53. The molecule has 0 bridgehead atoms. The van der Waals surface area contributed by atoms with Gasteiger partial charge in [0.2, 0.25) is 0 Å². The summed E-state index contributed by atoms with van der Waals surface area (Å²) in [4.78, 5) is 0. The van der Waals surface area contributed by atoms with Crippen LogP contribution in [-0.2, 0) is 9.84 Å². The van der Waals surface area contributed by atoms with Crippen molar-refractivity contribution in [1.29, 1.82) is 0 Å². The third-order valence-electron chi connectivity index (χ3n) is 1.88.